The van der Waals surface area contributed by atoms with Crippen molar-refractivity contribution in [2.75, 3.05) is 0 Å². The van der Waals surface area contributed by atoms with E-state index in [1.807, 2.05) is 78.9 Å². The number of benzene rings is 5. The molecule has 2 heterocycles. The summed E-state index contributed by atoms with van der Waals surface area (Å²) in [6.45, 7) is 2.06. The Morgan fingerprint density at radius 3 is 1.57 bits per heavy atom. The van der Waals surface area contributed by atoms with Crippen LogP contribution in [0.25, 0.3) is 60.9 Å². The minimum absolute atomic E-state index is 0.575. The zero-order valence-electron chi connectivity index (χ0n) is 23.8. The van der Waals surface area contributed by atoms with Gasteiger partial charge in [-0.25, -0.2) is 0 Å². The second-order valence-electron chi connectivity index (χ2n) is 10.6. The largest absolute Gasteiger partial charge is 0.309 e. The lowest BCUT2D eigenvalue weighted by Gasteiger charge is -2.15. The molecule has 0 atom stereocenters. The Bertz CT molecular complexity index is 2260. The van der Waals surface area contributed by atoms with Crippen LogP contribution < -0.4 is 0 Å². The van der Waals surface area contributed by atoms with Gasteiger partial charge in [0.25, 0.3) is 0 Å². The quantitative estimate of drug-likeness (QED) is 0.214. The number of fused-ring (bicyclic) bond motifs is 3. The van der Waals surface area contributed by atoms with Crippen LogP contribution in [0.2, 0.25) is 0 Å². The molecular formula is C39H23N5. The van der Waals surface area contributed by atoms with Gasteiger partial charge < -0.3 is 4.57 Å². The van der Waals surface area contributed by atoms with Crippen molar-refractivity contribution in [1.82, 2.24) is 9.55 Å². The molecule has 0 aliphatic rings. The summed E-state index contributed by atoms with van der Waals surface area (Å²) < 4.78 is 2.21. The molecule has 0 aliphatic carbocycles. The first-order valence-electron chi connectivity index (χ1n) is 14.1. The molecule has 0 spiro atoms. The first-order chi connectivity index (χ1) is 21.6. The number of nitrogens with zero attached hydrogens (tertiary/aromatic N) is 5. The Kier molecular flexibility index (Phi) is 6.44. The third-order valence-corrected chi connectivity index (χ3v) is 8.17. The van der Waals surface area contributed by atoms with Crippen LogP contribution in [-0.4, -0.2) is 9.55 Å². The average molecular weight is 562 g/mol. The normalized spacial score (nSPS) is 10.8. The topological polar surface area (TPSA) is 89.2 Å². The number of pyridine rings is 1. The van der Waals surface area contributed by atoms with Crippen molar-refractivity contribution in [2.45, 2.75) is 6.92 Å². The number of nitriles is 3. The van der Waals surface area contributed by atoms with Gasteiger partial charge in [0.2, 0.25) is 0 Å². The molecule has 7 aromatic rings. The second kappa shape index (κ2) is 10.7. The molecule has 2 aromatic heterocycles. The number of hydrogen-bond acceptors (Lipinski definition) is 4. The molecule has 0 radical (unpaired) electrons. The fourth-order valence-electron chi connectivity index (χ4n) is 6.08. The highest BCUT2D eigenvalue weighted by molar-refractivity contribution is 6.12. The zero-order chi connectivity index (χ0) is 30.2. The number of aryl methyl sites for hydroxylation is 1. The Balaban J connectivity index is 1.54. The molecule has 0 N–H and O–H groups in total. The van der Waals surface area contributed by atoms with Gasteiger partial charge in [0.05, 0.1) is 51.6 Å². The molecule has 0 bridgehead atoms. The molecule has 0 saturated heterocycles. The molecule has 204 valence electrons. The van der Waals surface area contributed by atoms with Crippen LogP contribution in [0.3, 0.4) is 0 Å². The summed E-state index contributed by atoms with van der Waals surface area (Å²) in [5.41, 5.74) is 11.1. The number of hydrogen-bond donors (Lipinski definition) is 0. The van der Waals surface area contributed by atoms with Gasteiger partial charge in [-0.05, 0) is 107 Å². The maximum absolute atomic E-state index is 10.2. The minimum Gasteiger partial charge on any atom is -0.309 e. The van der Waals surface area contributed by atoms with Gasteiger partial charge in [0, 0.05) is 23.2 Å². The van der Waals surface area contributed by atoms with Gasteiger partial charge in [-0.1, -0.05) is 48.5 Å². The predicted molar refractivity (Wildman–Crippen MR) is 174 cm³/mol. The van der Waals surface area contributed by atoms with E-state index in [-0.39, 0.29) is 0 Å². The fourth-order valence-corrected chi connectivity index (χ4v) is 6.08. The first kappa shape index (κ1) is 26.4. The minimum atomic E-state index is 0.575. The molecule has 7 rings (SSSR count). The first-order valence-corrected chi connectivity index (χ1v) is 14.1. The van der Waals surface area contributed by atoms with Crippen molar-refractivity contribution >= 4 is 21.8 Å². The lowest BCUT2D eigenvalue weighted by molar-refractivity contribution is 1.15. The van der Waals surface area contributed by atoms with E-state index >= 15 is 0 Å². The fraction of sp³-hybridized carbons (Fsp3) is 0.0256. The van der Waals surface area contributed by atoms with Gasteiger partial charge in [-0.3, -0.25) is 4.98 Å². The third-order valence-electron chi connectivity index (χ3n) is 8.17. The molecule has 5 aromatic carbocycles. The van der Waals surface area contributed by atoms with E-state index in [2.05, 4.69) is 65.0 Å². The van der Waals surface area contributed by atoms with Crippen LogP contribution in [0, 0.1) is 40.9 Å². The van der Waals surface area contributed by atoms with Gasteiger partial charge >= 0.3 is 0 Å². The highest BCUT2D eigenvalue weighted by atomic mass is 15.0. The molecule has 0 amide bonds. The smallest absolute Gasteiger partial charge is 0.0998 e. The van der Waals surface area contributed by atoms with Gasteiger partial charge in [0.1, 0.15) is 0 Å². The van der Waals surface area contributed by atoms with Crippen molar-refractivity contribution in [3.8, 4) is 57.3 Å². The molecule has 44 heavy (non-hydrogen) atoms. The highest BCUT2D eigenvalue weighted by Crippen LogP contribution is 2.39. The summed E-state index contributed by atoms with van der Waals surface area (Å²) in [4.78, 5) is 4.13. The van der Waals surface area contributed by atoms with Crippen LogP contribution in [0.1, 0.15) is 22.3 Å². The van der Waals surface area contributed by atoms with E-state index in [0.717, 1.165) is 66.4 Å². The molecule has 0 aliphatic heterocycles. The summed E-state index contributed by atoms with van der Waals surface area (Å²) in [5.74, 6) is 0. The standard InChI is InChI=1S/C39H23N5/c1-25-18-34(26-14-16-43-17-15-26)31(24-42)21-39(25)44-37-12-10-27(32-8-4-2-6-29(32)22-40)19-35(37)36-20-28(11-13-38(36)44)33-9-5-3-7-30(33)23-41/h2-21H,1H3. The Morgan fingerprint density at radius 2 is 1.05 bits per heavy atom. The van der Waals surface area contributed by atoms with E-state index in [1.165, 1.54) is 0 Å². The summed E-state index contributed by atoms with van der Waals surface area (Å²) in [7, 11) is 0. The molecule has 0 fully saturated rings. The third kappa shape index (κ3) is 4.27. The summed E-state index contributed by atoms with van der Waals surface area (Å²) in [6.07, 6.45) is 3.47. The van der Waals surface area contributed by atoms with Gasteiger partial charge in [-0.2, -0.15) is 15.8 Å². The Morgan fingerprint density at radius 1 is 0.523 bits per heavy atom. The Hall–Kier alpha value is -6.48. The SMILES string of the molecule is Cc1cc(-c2ccncc2)c(C#N)cc1-n1c2ccc(-c3ccccc3C#N)cc2c2cc(-c3ccccc3C#N)ccc21. The summed E-state index contributed by atoms with van der Waals surface area (Å²) in [5, 5.41) is 31.8. The van der Waals surface area contributed by atoms with Crippen molar-refractivity contribution in [3.63, 3.8) is 0 Å². The van der Waals surface area contributed by atoms with Gasteiger partial charge in [0.15, 0.2) is 0 Å². The lowest BCUT2D eigenvalue weighted by Crippen LogP contribution is -2.00. The number of rotatable bonds is 4. The maximum Gasteiger partial charge on any atom is 0.0998 e. The van der Waals surface area contributed by atoms with Crippen LogP contribution in [-0.2, 0) is 0 Å². The average Bonchev–Trinajstić information content (AvgIpc) is 3.41. The van der Waals surface area contributed by atoms with Crippen LogP contribution >= 0.6 is 0 Å². The van der Waals surface area contributed by atoms with E-state index in [9.17, 15) is 15.8 Å². The van der Waals surface area contributed by atoms with Crippen molar-refractivity contribution < 1.29 is 0 Å². The van der Waals surface area contributed by atoms with Crippen LogP contribution in [0.5, 0.6) is 0 Å². The van der Waals surface area contributed by atoms with Gasteiger partial charge in [-0.15, -0.1) is 0 Å². The molecule has 5 heteroatoms. The lowest BCUT2D eigenvalue weighted by atomic mass is 9.96. The Labute approximate surface area is 254 Å². The van der Waals surface area contributed by atoms with E-state index in [4.69, 9.17) is 0 Å². The maximum atomic E-state index is 10.2. The highest BCUT2D eigenvalue weighted by Gasteiger charge is 2.19. The van der Waals surface area contributed by atoms with Crippen molar-refractivity contribution in [3.05, 3.63) is 144 Å². The van der Waals surface area contributed by atoms with E-state index < -0.39 is 0 Å². The van der Waals surface area contributed by atoms with Crippen LogP contribution in [0.4, 0.5) is 0 Å². The molecule has 0 saturated carbocycles. The summed E-state index contributed by atoms with van der Waals surface area (Å²) in [6, 6.07) is 42.7. The predicted octanol–water partition coefficient (Wildman–Crippen LogP) is 9.10. The van der Waals surface area contributed by atoms with Crippen molar-refractivity contribution in [1.29, 1.82) is 15.8 Å². The monoisotopic (exact) mass is 561 g/mol. The zero-order valence-corrected chi connectivity index (χ0v) is 23.8. The molecule has 5 nitrogen and oxygen atoms in total. The van der Waals surface area contributed by atoms with Crippen LogP contribution in [0.15, 0.2) is 122 Å². The van der Waals surface area contributed by atoms with E-state index in [1.54, 1.807) is 12.4 Å². The van der Waals surface area contributed by atoms with E-state index in [0.29, 0.717) is 16.7 Å². The number of aromatic nitrogens is 2. The van der Waals surface area contributed by atoms with Crippen molar-refractivity contribution in [2.24, 2.45) is 0 Å². The summed E-state index contributed by atoms with van der Waals surface area (Å²) >= 11 is 0. The second-order valence-corrected chi connectivity index (χ2v) is 10.6. The molecule has 0 unspecified atom stereocenters. The molecular weight excluding hydrogens is 538 g/mol.